The van der Waals surface area contributed by atoms with Gasteiger partial charge in [-0.05, 0) is 19.8 Å². The lowest BCUT2D eigenvalue weighted by Crippen LogP contribution is -2.18. The van der Waals surface area contributed by atoms with E-state index < -0.39 is 5.97 Å². The van der Waals surface area contributed by atoms with Crippen molar-refractivity contribution in [1.29, 1.82) is 0 Å². The smallest absolute Gasteiger partial charge is 0.341 e. The topological polar surface area (TPSA) is 43.4 Å². The molecule has 80 valence electrons. The minimum absolute atomic E-state index is 0.0836. The number of allylic oxidation sites excluding steroid dienone is 1. The lowest BCUT2D eigenvalue weighted by molar-refractivity contribution is -0.140. The molecule has 0 spiro atoms. The Morgan fingerprint density at radius 3 is 2.64 bits per heavy atom. The monoisotopic (exact) mass is 198 g/mol. The minimum Gasteiger partial charge on any atom is -0.462 e. The van der Waals surface area contributed by atoms with E-state index in [9.17, 15) is 9.59 Å². The summed E-state index contributed by atoms with van der Waals surface area (Å²) in [5, 5.41) is 0. The molecule has 3 heteroatoms. The summed E-state index contributed by atoms with van der Waals surface area (Å²) >= 11 is 0. The van der Waals surface area contributed by atoms with Gasteiger partial charge in [-0.3, -0.25) is 4.79 Å². The molecule has 0 N–H and O–H groups in total. The molecule has 0 fully saturated rings. The fourth-order valence-electron chi connectivity index (χ4n) is 1.16. The molecule has 0 heterocycles. The van der Waals surface area contributed by atoms with Crippen LogP contribution in [-0.4, -0.2) is 18.4 Å². The summed E-state index contributed by atoms with van der Waals surface area (Å²) in [6, 6.07) is 0. The first-order chi connectivity index (χ1) is 6.75. The zero-order chi connectivity index (χ0) is 11.0. The number of ether oxygens (including phenoxy) is 1. The van der Waals surface area contributed by atoms with Crippen molar-refractivity contribution < 1.29 is 14.3 Å². The Bertz CT molecular complexity index is 229. The molecule has 1 rings (SSSR count). The van der Waals surface area contributed by atoms with Crippen LogP contribution in [0.25, 0.3) is 0 Å². The zero-order valence-electron chi connectivity index (χ0n) is 9.13. The molecule has 14 heavy (non-hydrogen) atoms. The van der Waals surface area contributed by atoms with Gasteiger partial charge in [0.25, 0.3) is 0 Å². The standard InChI is InChI=1S/C9H12O3.C2H6/c1-2-12-9(11)7-5-3-4-6-8(7)10;1-2/h5H,2-4,6H2,1H3;1-2H3. The van der Waals surface area contributed by atoms with Gasteiger partial charge in [0.1, 0.15) is 0 Å². The fourth-order valence-corrected chi connectivity index (χ4v) is 1.16. The molecule has 0 amide bonds. The van der Waals surface area contributed by atoms with Crippen LogP contribution in [0.1, 0.15) is 40.0 Å². The zero-order valence-corrected chi connectivity index (χ0v) is 9.13. The Labute approximate surface area is 85.1 Å². The summed E-state index contributed by atoms with van der Waals surface area (Å²) in [5.74, 6) is -0.554. The molecule has 0 atom stereocenters. The van der Waals surface area contributed by atoms with Crippen molar-refractivity contribution in [3.63, 3.8) is 0 Å². The highest BCUT2D eigenvalue weighted by Crippen LogP contribution is 2.14. The number of rotatable bonds is 2. The molecular formula is C11H18O3. The lowest BCUT2D eigenvalue weighted by Gasteiger charge is -2.09. The van der Waals surface area contributed by atoms with Crippen LogP contribution in [0.2, 0.25) is 0 Å². The number of ketones is 1. The van der Waals surface area contributed by atoms with Crippen LogP contribution in [0.15, 0.2) is 11.6 Å². The van der Waals surface area contributed by atoms with Crippen LogP contribution in [0.4, 0.5) is 0 Å². The van der Waals surface area contributed by atoms with E-state index in [1.165, 1.54) is 0 Å². The summed E-state index contributed by atoms with van der Waals surface area (Å²) in [5.41, 5.74) is 0.239. The summed E-state index contributed by atoms with van der Waals surface area (Å²) in [6.07, 6.45) is 3.80. The summed E-state index contributed by atoms with van der Waals surface area (Å²) in [6.45, 7) is 6.05. The Kier molecular flexibility index (Phi) is 6.72. The van der Waals surface area contributed by atoms with Gasteiger partial charge in [-0.1, -0.05) is 19.9 Å². The maximum absolute atomic E-state index is 11.1. The molecule has 3 nitrogen and oxygen atoms in total. The second-order valence-electron chi connectivity index (χ2n) is 2.65. The first kappa shape index (κ1) is 12.9. The van der Waals surface area contributed by atoms with Gasteiger partial charge < -0.3 is 4.74 Å². The van der Waals surface area contributed by atoms with Gasteiger partial charge in [-0.2, -0.15) is 0 Å². The first-order valence-corrected chi connectivity index (χ1v) is 5.16. The number of hydrogen-bond donors (Lipinski definition) is 0. The molecule has 1 aliphatic rings. The molecule has 0 aromatic heterocycles. The average molecular weight is 198 g/mol. The van der Waals surface area contributed by atoms with E-state index in [1.54, 1.807) is 13.0 Å². The van der Waals surface area contributed by atoms with Crippen LogP contribution >= 0.6 is 0 Å². The van der Waals surface area contributed by atoms with E-state index in [0.29, 0.717) is 13.0 Å². The predicted molar refractivity (Wildman–Crippen MR) is 54.9 cm³/mol. The Morgan fingerprint density at radius 2 is 2.14 bits per heavy atom. The van der Waals surface area contributed by atoms with Crippen molar-refractivity contribution in [1.82, 2.24) is 0 Å². The highest BCUT2D eigenvalue weighted by atomic mass is 16.5. The summed E-state index contributed by atoms with van der Waals surface area (Å²) in [4.78, 5) is 22.2. The van der Waals surface area contributed by atoms with Gasteiger partial charge in [0.2, 0.25) is 0 Å². The highest BCUT2D eigenvalue weighted by Gasteiger charge is 2.20. The minimum atomic E-state index is -0.470. The summed E-state index contributed by atoms with van der Waals surface area (Å²) < 4.78 is 4.72. The van der Waals surface area contributed by atoms with Gasteiger partial charge in [0.05, 0.1) is 12.2 Å². The fraction of sp³-hybridized carbons (Fsp3) is 0.636. The molecule has 1 aliphatic carbocycles. The van der Waals surface area contributed by atoms with Crippen molar-refractivity contribution >= 4 is 11.8 Å². The molecule has 0 aromatic carbocycles. The van der Waals surface area contributed by atoms with E-state index >= 15 is 0 Å². The Balaban J connectivity index is 0.000000791. The van der Waals surface area contributed by atoms with Gasteiger partial charge in [-0.25, -0.2) is 4.79 Å². The largest absolute Gasteiger partial charge is 0.462 e. The number of carbonyl (C=O) groups is 2. The number of carbonyl (C=O) groups excluding carboxylic acids is 2. The van der Waals surface area contributed by atoms with Gasteiger partial charge >= 0.3 is 5.97 Å². The molecule has 0 aromatic rings. The van der Waals surface area contributed by atoms with Crippen LogP contribution in [0.5, 0.6) is 0 Å². The second-order valence-corrected chi connectivity index (χ2v) is 2.65. The molecule has 0 aliphatic heterocycles. The van der Waals surface area contributed by atoms with Crippen molar-refractivity contribution in [3.8, 4) is 0 Å². The third-order valence-electron chi connectivity index (χ3n) is 1.75. The van der Waals surface area contributed by atoms with Crippen molar-refractivity contribution in [2.75, 3.05) is 6.61 Å². The third kappa shape index (κ3) is 3.73. The van der Waals surface area contributed by atoms with Crippen LogP contribution in [-0.2, 0) is 14.3 Å². The van der Waals surface area contributed by atoms with Gasteiger partial charge in [-0.15, -0.1) is 0 Å². The maximum Gasteiger partial charge on any atom is 0.341 e. The maximum atomic E-state index is 11.1. The SMILES string of the molecule is CC.CCOC(=O)C1=CCCCC1=O. The second kappa shape index (κ2) is 7.30. The van der Waals surface area contributed by atoms with Crippen molar-refractivity contribution in [2.24, 2.45) is 0 Å². The third-order valence-corrected chi connectivity index (χ3v) is 1.75. The van der Waals surface area contributed by atoms with Crippen LogP contribution in [0.3, 0.4) is 0 Å². The molecule has 0 unspecified atom stereocenters. The molecule has 0 radical (unpaired) electrons. The van der Waals surface area contributed by atoms with E-state index in [2.05, 4.69) is 0 Å². The Morgan fingerprint density at radius 1 is 1.50 bits per heavy atom. The Hall–Kier alpha value is -1.12. The first-order valence-electron chi connectivity index (χ1n) is 5.16. The van der Waals surface area contributed by atoms with Crippen molar-refractivity contribution in [3.05, 3.63) is 11.6 Å². The molecule has 0 bridgehead atoms. The molecule has 0 saturated carbocycles. The molecular weight excluding hydrogens is 180 g/mol. The van der Waals surface area contributed by atoms with Crippen LogP contribution in [0, 0.1) is 0 Å². The summed E-state index contributed by atoms with van der Waals surface area (Å²) in [7, 11) is 0. The highest BCUT2D eigenvalue weighted by molar-refractivity contribution is 6.17. The number of Topliss-reactive ketones (excluding diaryl/α,β-unsaturated/α-hetero) is 1. The van der Waals surface area contributed by atoms with Gasteiger partial charge in [0.15, 0.2) is 5.78 Å². The van der Waals surface area contributed by atoms with E-state index in [-0.39, 0.29) is 11.4 Å². The number of esters is 1. The predicted octanol–water partition coefficient (Wildman–Crippen LogP) is 2.26. The van der Waals surface area contributed by atoms with Crippen molar-refractivity contribution in [2.45, 2.75) is 40.0 Å². The number of hydrogen-bond acceptors (Lipinski definition) is 3. The van der Waals surface area contributed by atoms with Crippen LogP contribution < -0.4 is 0 Å². The quantitative estimate of drug-likeness (QED) is 0.505. The van der Waals surface area contributed by atoms with E-state index in [0.717, 1.165) is 12.8 Å². The lowest BCUT2D eigenvalue weighted by atomic mass is 9.98. The van der Waals surface area contributed by atoms with E-state index in [1.807, 2.05) is 13.8 Å². The van der Waals surface area contributed by atoms with E-state index in [4.69, 9.17) is 4.74 Å². The average Bonchev–Trinajstić information content (AvgIpc) is 2.22. The molecule has 0 saturated heterocycles. The normalized spacial score (nSPS) is 15.1. The van der Waals surface area contributed by atoms with Gasteiger partial charge in [0, 0.05) is 6.42 Å².